The average molecular weight is 161 g/mol. The van der Waals surface area contributed by atoms with Crippen LogP contribution in [0.3, 0.4) is 0 Å². The molecule has 0 aliphatic rings. The molecule has 0 atom stereocenters. The summed E-state index contributed by atoms with van der Waals surface area (Å²) < 4.78 is 1.67. The van der Waals surface area contributed by atoms with Gasteiger partial charge < -0.3 is 0 Å². The number of aldehydes is 1. The van der Waals surface area contributed by atoms with Gasteiger partial charge >= 0.3 is 0 Å². The monoisotopic (exact) mass is 161 g/mol. The van der Waals surface area contributed by atoms with E-state index in [1.54, 1.807) is 10.7 Å². The van der Waals surface area contributed by atoms with E-state index >= 15 is 0 Å². The van der Waals surface area contributed by atoms with Gasteiger partial charge in [-0.1, -0.05) is 0 Å². The van der Waals surface area contributed by atoms with Gasteiger partial charge in [-0.05, 0) is 6.07 Å². The van der Waals surface area contributed by atoms with Crippen LogP contribution in [0.2, 0.25) is 0 Å². The van der Waals surface area contributed by atoms with Crippen LogP contribution in [-0.2, 0) is 7.05 Å². The number of fused-ring (bicyclic) bond motifs is 1. The molecule has 2 aromatic heterocycles. The van der Waals surface area contributed by atoms with Gasteiger partial charge in [-0.25, -0.2) is 4.98 Å². The van der Waals surface area contributed by atoms with Crippen molar-refractivity contribution in [3.05, 3.63) is 24.0 Å². The summed E-state index contributed by atoms with van der Waals surface area (Å²) in [6.07, 6.45) is 4.12. The van der Waals surface area contributed by atoms with Crippen LogP contribution in [0.1, 0.15) is 10.4 Å². The molecule has 0 amide bonds. The fourth-order valence-electron chi connectivity index (χ4n) is 1.11. The lowest BCUT2D eigenvalue weighted by Gasteiger charge is -1.86. The Morgan fingerprint density at radius 2 is 2.42 bits per heavy atom. The topological polar surface area (TPSA) is 47.8 Å². The summed E-state index contributed by atoms with van der Waals surface area (Å²) in [6.45, 7) is 0. The molecule has 12 heavy (non-hydrogen) atoms. The van der Waals surface area contributed by atoms with Crippen LogP contribution in [0.15, 0.2) is 18.5 Å². The Bertz CT molecular complexity index is 433. The molecule has 2 heterocycles. The molecule has 0 unspecified atom stereocenters. The number of aromatic nitrogens is 3. The van der Waals surface area contributed by atoms with Crippen molar-refractivity contribution in [2.45, 2.75) is 0 Å². The molecule has 2 aromatic rings. The Morgan fingerprint density at radius 3 is 3.17 bits per heavy atom. The lowest BCUT2D eigenvalue weighted by Crippen LogP contribution is -1.86. The van der Waals surface area contributed by atoms with Crippen molar-refractivity contribution in [2.24, 2.45) is 7.05 Å². The highest BCUT2D eigenvalue weighted by Gasteiger charge is 1.99. The van der Waals surface area contributed by atoms with E-state index < -0.39 is 0 Å². The summed E-state index contributed by atoms with van der Waals surface area (Å²) in [4.78, 5) is 14.4. The first-order valence-corrected chi connectivity index (χ1v) is 3.54. The second-order valence-corrected chi connectivity index (χ2v) is 2.60. The summed E-state index contributed by atoms with van der Waals surface area (Å²) >= 11 is 0. The number of pyridine rings is 1. The lowest BCUT2D eigenvalue weighted by molar-refractivity contribution is 0.112. The van der Waals surface area contributed by atoms with Gasteiger partial charge in [0.1, 0.15) is 0 Å². The highest BCUT2D eigenvalue weighted by Crippen LogP contribution is 2.09. The Kier molecular flexibility index (Phi) is 1.40. The van der Waals surface area contributed by atoms with Crippen molar-refractivity contribution in [2.75, 3.05) is 0 Å². The number of hydrogen-bond donors (Lipinski definition) is 0. The normalized spacial score (nSPS) is 10.4. The lowest BCUT2D eigenvalue weighted by atomic mass is 10.2. The maximum atomic E-state index is 10.4. The van der Waals surface area contributed by atoms with Crippen LogP contribution in [0.25, 0.3) is 11.0 Å². The van der Waals surface area contributed by atoms with E-state index in [9.17, 15) is 4.79 Å². The first kappa shape index (κ1) is 6.97. The van der Waals surface area contributed by atoms with Crippen LogP contribution >= 0.6 is 0 Å². The number of carbonyl (C=O) groups excluding carboxylic acids is 1. The van der Waals surface area contributed by atoms with E-state index in [0.29, 0.717) is 11.2 Å². The minimum Gasteiger partial charge on any atom is -0.298 e. The first-order chi connectivity index (χ1) is 5.79. The molecule has 60 valence electrons. The number of hydrogen-bond acceptors (Lipinski definition) is 3. The molecule has 0 spiro atoms. The predicted octanol–water partition coefficient (Wildman–Crippen LogP) is 0.781. The maximum absolute atomic E-state index is 10.4. The molecule has 4 nitrogen and oxygen atoms in total. The van der Waals surface area contributed by atoms with Crippen LogP contribution in [0.5, 0.6) is 0 Å². The molecule has 0 aliphatic heterocycles. The fraction of sp³-hybridized carbons (Fsp3) is 0.125. The molecule has 2 rings (SSSR count). The molecule has 0 aromatic carbocycles. The molecule has 0 saturated heterocycles. The largest absolute Gasteiger partial charge is 0.298 e. The minimum atomic E-state index is 0.579. The van der Waals surface area contributed by atoms with Gasteiger partial charge in [0.25, 0.3) is 0 Å². The Hall–Kier alpha value is -1.71. The third-order valence-electron chi connectivity index (χ3n) is 1.63. The van der Waals surface area contributed by atoms with E-state index in [1.165, 1.54) is 6.20 Å². The summed E-state index contributed by atoms with van der Waals surface area (Å²) in [5.74, 6) is 0. The van der Waals surface area contributed by atoms with Crippen molar-refractivity contribution in [3.63, 3.8) is 0 Å². The zero-order valence-corrected chi connectivity index (χ0v) is 6.56. The van der Waals surface area contributed by atoms with Gasteiger partial charge in [-0.15, -0.1) is 0 Å². The molecular weight excluding hydrogens is 154 g/mol. The molecule has 0 bridgehead atoms. The number of aryl methyl sites for hydroxylation is 1. The van der Waals surface area contributed by atoms with Gasteiger partial charge in [0.15, 0.2) is 11.9 Å². The SMILES string of the molecule is Cn1cc2cc(C=O)cnc2n1. The van der Waals surface area contributed by atoms with E-state index in [4.69, 9.17) is 0 Å². The summed E-state index contributed by atoms with van der Waals surface area (Å²) in [7, 11) is 1.82. The molecule has 0 fully saturated rings. The highest BCUT2D eigenvalue weighted by atomic mass is 16.1. The molecule has 0 radical (unpaired) electrons. The van der Waals surface area contributed by atoms with Crippen LogP contribution < -0.4 is 0 Å². The average Bonchev–Trinajstić information content (AvgIpc) is 2.43. The van der Waals surface area contributed by atoms with E-state index in [2.05, 4.69) is 10.1 Å². The second-order valence-electron chi connectivity index (χ2n) is 2.60. The highest BCUT2D eigenvalue weighted by molar-refractivity contribution is 5.83. The fourth-order valence-corrected chi connectivity index (χ4v) is 1.11. The molecule has 0 saturated carbocycles. The van der Waals surface area contributed by atoms with Crippen molar-refractivity contribution in [3.8, 4) is 0 Å². The molecular formula is C8H7N3O. The van der Waals surface area contributed by atoms with Crippen molar-refractivity contribution in [1.29, 1.82) is 0 Å². The van der Waals surface area contributed by atoms with Gasteiger partial charge in [-0.3, -0.25) is 9.48 Å². The zero-order chi connectivity index (χ0) is 8.55. The Balaban J connectivity index is 2.74. The standard InChI is InChI=1S/C8H7N3O/c1-11-4-7-2-6(5-12)3-9-8(7)10-11/h2-5H,1H3. The van der Waals surface area contributed by atoms with E-state index in [-0.39, 0.29) is 0 Å². The number of rotatable bonds is 1. The number of carbonyl (C=O) groups is 1. The second kappa shape index (κ2) is 2.41. The van der Waals surface area contributed by atoms with Crippen LogP contribution in [-0.4, -0.2) is 21.1 Å². The van der Waals surface area contributed by atoms with E-state index in [1.807, 2.05) is 13.2 Å². The van der Waals surface area contributed by atoms with Crippen molar-refractivity contribution in [1.82, 2.24) is 14.8 Å². The van der Waals surface area contributed by atoms with Gasteiger partial charge in [0.05, 0.1) is 0 Å². The van der Waals surface area contributed by atoms with E-state index in [0.717, 1.165) is 11.7 Å². The Morgan fingerprint density at radius 1 is 1.58 bits per heavy atom. The summed E-state index contributed by atoms with van der Waals surface area (Å²) in [6, 6.07) is 1.77. The molecule has 4 heteroatoms. The van der Waals surface area contributed by atoms with Gasteiger partial charge in [0, 0.05) is 30.4 Å². The smallest absolute Gasteiger partial charge is 0.181 e. The third kappa shape index (κ3) is 0.972. The third-order valence-corrected chi connectivity index (χ3v) is 1.63. The minimum absolute atomic E-state index is 0.579. The van der Waals surface area contributed by atoms with Gasteiger partial charge in [-0.2, -0.15) is 5.10 Å². The Labute approximate surface area is 68.8 Å². The maximum Gasteiger partial charge on any atom is 0.181 e. The molecule has 0 N–H and O–H groups in total. The summed E-state index contributed by atoms with van der Waals surface area (Å²) in [5, 5.41) is 4.97. The first-order valence-electron chi connectivity index (χ1n) is 3.54. The quantitative estimate of drug-likeness (QED) is 0.580. The van der Waals surface area contributed by atoms with Gasteiger partial charge in [0.2, 0.25) is 0 Å². The zero-order valence-electron chi connectivity index (χ0n) is 6.56. The number of nitrogens with zero attached hydrogens (tertiary/aromatic N) is 3. The van der Waals surface area contributed by atoms with Crippen LogP contribution in [0.4, 0.5) is 0 Å². The van der Waals surface area contributed by atoms with Crippen molar-refractivity contribution < 1.29 is 4.79 Å². The summed E-state index contributed by atoms with van der Waals surface area (Å²) in [5.41, 5.74) is 1.25. The molecule has 0 aliphatic carbocycles. The van der Waals surface area contributed by atoms with Crippen molar-refractivity contribution >= 4 is 17.3 Å². The predicted molar refractivity (Wildman–Crippen MR) is 43.9 cm³/mol. The van der Waals surface area contributed by atoms with Crippen LogP contribution in [0, 0.1) is 0 Å².